The first-order valence-electron chi connectivity index (χ1n) is 6.95. The molecule has 0 aliphatic rings. The molecule has 0 aliphatic carbocycles. The van der Waals surface area contributed by atoms with Gasteiger partial charge in [-0.15, -0.1) is 0 Å². The highest BCUT2D eigenvalue weighted by atomic mass is 35.5. The summed E-state index contributed by atoms with van der Waals surface area (Å²) in [5.74, 6) is 0. The molecule has 2 N–H and O–H groups in total. The molecule has 3 aromatic rings. The molecule has 0 saturated carbocycles. The number of para-hydroxylation sites is 1. The molecule has 2 aromatic carbocycles. The molecule has 1 aromatic heterocycles. The fraction of sp³-hybridized carbons (Fsp3) is 0.125. The number of aromatic nitrogens is 1. The van der Waals surface area contributed by atoms with E-state index in [9.17, 15) is 8.42 Å². The third kappa shape index (κ3) is 2.85. The third-order valence-electron chi connectivity index (χ3n) is 3.62. The van der Waals surface area contributed by atoms with Gasteiger partial charge in [-0.05, 0) is 42.8 Å². The number of halogens is 2. The minimum absolute atomic E-state index is 0.0898. The Morgan fingerprint density at radius 2 is 1.78 bits per heavy atom. The molecule has 23 heavy (non-hydrogen) atoms. The van der Waals surface area contributed by atoms with Crippen LogP contribution in [0.2, 0.25) is 10.0 Å². The van der Waals surface area contributed by atoms with E-state index >= 15 is 0 Å². The Kier molecular flexibility index (Phi) is 4.38. The van der Waals surface area contributed by atoms with Gasteiger partial charge < -0.3 is 5.73 Å². The minimum atomic E-state index is -3.77. The molecule has 0 atom stereocenters. The zero-order chi connectivity index (χ0) is 16.6. The van der Waals surface area contributed by atoms with Gasteiger partial charge in [-0.2, -0.15) is 0 Å². The third-order valence-corrected chi connectivity index (χ3v) is 6.03. The second-order valence-electron chi connectivity index (χ2n) is 5.09. The number of nitrogens with zero attached hydrogens (tertiary/aromatic N) is 1. The number of rotatable bonds is 4. The molecule has 0 saturated heterocycles. The Labute approximate surface area is 144 Å². The summed E-state index contributed by atoms with van der Waals surface area (Å²) in [7, 11) is -3.77. The molecule has 0 aliphatic heterocycles. The van der Waals surface area contributed by atoms with Crippen molar-refractivity contribution >= 4 is 44.1 Å². The van der Waals surface area contributed by atoms with Gasteiger partial charge in [-0.3, -0.25) is 0 Å². The molecule has 0 fully saturated rings. The van der Waals surface area contributed by atoms with E-state index in [4.69, 9.17) is 28.9 Å². The molecule has 4 nitrogen and oxygen atoms in total. The first-order valence-corrected chi connectivity index (χ1v) is 9.14. The van der Waals surface area contributed by atoms with Gasteiger partial charge in [0.2, 0.25) is 0 Å². The van der Waals surface area contributed by atoms with Crippen LogP contribution in [0, 0.1) is 0 Å². The predicted octanol–water partition coefficient (Wildman–Crippen LogP) is 3.69. The Hall–Kier alpha value is -1.53. The lowest BCUT2D eigenvalue weighted by molar-refractivity contribution is 0.589. The molecule has 1 heterocycles. The van der Waals surface area contributed by atoms with Crippen LogP contribution < -0.4 is 5.73 Å². The maximum Gasteiger partial charge on any atom is 0.268 e. The van der Waals surface area contributed by atoms with E-state index in [1.807, 2.05) is 12.1 Å². The lowest BCUT2D eigenvalue weighted by atomic mass is 10.1. The van der Waals surface area contributed by atoms with E-state index in [0.717, 1.165) is 10.9 Å². The van der Waals surface area contributed by atoms with Crippen molar-refractivity contribution in [2.24, 2.45) is 5.73 Å². The molecule has 0 unspecified atom stereocenters. The van der Waals surface area contributed by atoms with Crippen LogP contribution in [-0.2, 0) is 16.4 Å². The van der Waals surface area contributed by atoms with Gasteiger partial charge >= 0.3 is 0 Å². The molecule has 0 bridgehead atoms. The van der Waals surface area contributed by atoms with Gasteiger partial charge in [0, 0.05) is 11.6 Å². The molecular formula is C16H14Cl2N2O2S. The highest BCUT2D eigenvalue weighted by Crippen LogP contribution is 2.29. The predicted molar refractivity (Wildman–Crippen MR) is 93.7 cm³/mol. The van der Waals surface area contributed by atoms with Crippen molar-refractivity contribution in [2.45, 2.75) is 11.3 Å². The fourth-order valence-electron chi connectivity index (χ4n) is 2.52. The molecule has 0 spiro atoms. The summed E-state index contributed by atoms with van der Waals surface area (Å²) in [5, 5.41) is 1.39. The maximum absolute atomic E-state index is 13.0. The summed E-state index contributed by atoms with van der Waals surface area (Å²) in [6, 6.07) is 11.6. The zero-order valence-corrected chi connectivity index (χ0v) is 14.4. The van der Waals surface area contributed by atoms with Crippen LogP contribution in [0.25, 0.3) is 10.9 Å². The Balaban J connectivity index is 2.24. The van der Waals surface area contributed by atoms with Crippen molar-refractivity contribution in [1.29, 1.82) is 0 Å². The molecular weight excluding hydrogens is 355 g/mol. The fourth-order valence-corrected chi connectivity index (χ4v) is 4.30. The van der Waals surface area contributed by atoms with E-state index in [1.165, 1.54) is 22.2 Å². The van der Waals surface area contributed by atoms with Crippen LogP contribution in [0.5, 0.6) is 0 Å². The standard InChI is InChI=1S/C16H14Cl2N2O2S/c17-14-6-5-12(9-15(14)18)23(21,22)20-10-11(7-8-19)13-3-1-2-4-16(13)20/h1-6,9-10H,7-8,19H2. The first kappa shape index (κ1) is 16.3. The number of benzene rings is 2. The zero-order valence-electron chi connectivity index (χ0n) is 12.0. The van der Waals surface area contributed by atoms with E-state index in [0.29, 0.717) is 23.5 Å². The quantitative estimate of drug-likeness (QED) is 0.763. The van der Waals surface area contributed by atoms with Crippen LogP contribution >= 0.6 is 23.2 Å². The second-order valence-corrected chi connectivity index (χ2v) is 7.72. The summed E-state index contributed by atoms with van der Waals surface area (Å²) >= 11 is 11.8. The van der Waals surface area contributed by atoms with Crippen LogP contribution in [0.1, 0.15) is 5.56 Å². The Bertz CT molecular complexity index is 981. The molecule has 7 heteroatoms. The lowest BCUT2D eigenvalue weighted by Crippen LogP contribution is -2.12. The van der Waals surface area contributed by atoms with Crippen molar-refractivity contribution in [2.75, 3.05) is 6.54 Å². The maximum atomic E-state index is 13.0. The summed E-state index contributed by atoms with van der Waals surface area (Å²) in [6.07, 6.45) is 2.22. The topological polar surface area (TPSA) is 65.1 Å². The van der Waals surface area contributed by atoms with Gasteiger partial charge in [-0.1, -0.05) is 41.4 Å². The first-order chi connectivity index (χ1) is 10.9. The van der Waals surface area contributed by atoms with Gasteiger partial charge in [0.05, 0.1) is 20.5 Å². The normalized spacial score (nSPS) is 12.0. The Morgan fingerprint density at radius 1 is 1.04 bits per heavy atom. The van der Waals surface area contributed by atoms with Crippen LogP contribution in [0.15, 0.2) is 53.6 Å². The van der Waals surface area contributed by atoms with E-state index in [1.54, 1.807) is 18.3 Å². The summed E-state index contributed by atoms with van der Waals surface area (Å²) in [5.41, 5.74) is 7.13. The highest BCUT2D eigenvalue weighted by molar-refractivity contribution is 7.90. The average molecular weight is 369 g/mol. The van der Waals surface area contributed by atoms with Gasteiger partial charge in [0.15, 0.2) is 0 Å². The SMILES string of the molecule is NCCc1cn(S(=O)(=O)c2ccc(Cl)c(Cl)c2)c2ccccc12. The van der Waals surface area contributed by atoms with Crippen molar-refractivity contribution < 1.29 is 8.42 Å². The van der Waals surface area contributed by atoms with Crippen molar-refractivity contribution in [1.82, 2.24) is 3.97 Å². The van der Waals surface area contributed by atoms with E-state index < -0.39 is 10.0 Å². The largest absolute Gasteiger partial charge is 0.330 e. The molecule has 3 rings (SSSR count). The van der Waals surface area contributed by atoms with Gasteiger partial charge in [-0.25, -0.2) is 12.4 Å². The van der Waals surface area contributed by atoms with Crippen LogP contribution in [0.3, 0.4) is 0 Å². The lowest BCUT2D eigenvalue weighted by Gasteiger charge is -2.08. The summed E-state index contributed by atoms with van der Waals surface area (Å²) < 4.78 is 27.2. The van der Waals surface area contributed by atoms with Crippen molar-refractivity contribution in [3.8, 4) is 0 Å². The van der Waals surface area contributed by atoms with E-state index in [2.05, 4.69) is 0 Å². The number of nitrogens with two attached hydrogens (primary N) is 1. The van der Waals surface area contributed by atoms with Crippen LogP contribution in [-0.4, -0.2) is 18.9 Å². The average Bonchev–Trinajstić information content (AvgIpc) is 2.90. The smallest absolute Gasteiger partial charge is 0.268 e. The van der Waals surface area contributed by atoms with Crippen LogP contribution in [0.4, 0.5) is 0 Å². The number of hydrogen-bond donors (Lipinski definition) is 1. The molecule has 0 amide bonds. The number of hydrogen-bond acceptors (Lipinski definition) is 3. The number of fused-ring (bicyclic) bond motifs is 1. The molecule has 120 valence electrons. The summed E-state index contributed by atoms with van der Waals surface area (Å²) in [4.78, 5) is 0.0898. The minimum Gasteiger partial charge on any atom is -0.330 e. The van der Waals surface area contributed by atoms with E-state index in [-0.39, 0.29) is 9.92 Å². The second kappa shape index (κ2) is 6.17. The highest BCUT2D eigenvalue weighted by Gasteiger charge is 2.21. The Morgan fingerprint density at radius 3 is 2.48 bits per heavy atom. The van der Waals surface area contributed by atoms with Gasteiger partial charge in [0.1, 0.15) is 0 Å². The summed E-state index contributed by atoms with van der Waals surface area (Å²) in [6.45, 7) is 0.445. The van der Waals surface area contributed by atoms with Crippen molar-refractivity contribution in [3.05, 3.63) is 64.3 Å². The monoisotopic (exact) mass is 368 g/mol. The molecule has 0 radical (unpaired) electrons. The van der Waals surface area contributed by atoms with Gasteiger partial charge in [0.25, 0.3) is 10.0 Å². The van der Waals surface area contributed by atoms with Crippen molar-refractivity contribution in [3.63, 3.8) is 0 Å².